The normalized spacial score (nSPS) is 18.7. The number of carbonyl (C=O) groups is 3. The Kier molecular flexibility index (Phi) is 33.8. The zero-order valence-corrected chi connectivity index (χ0v) is 40.1. The molecule has 5 N–H and O–H groups in total. The Hall–Kier alpha value is -2.57. The van der Waals surface area contributed by atoms with Crippen LogP contribution in [0.5, 0.6) is 0 Å². The highest BCUT2D eigenvalue weighted by molar-refractivity contribution is 5.93. The van der Waals surface area contributed by atoms with Crippen LogP contribution in [-0.4, -0.2) is 93.3 Å². The van der Waals surface area contributed by atoms with Crippen LogP contribution in [-0.2, 0) is 25.7 Å². The number of carbonyl (C=O) groups excluding carboxylic acids is 3. The molecule has 1 aliphatic rings. The maximum absolute atomic E-state index is 14.2. The number of benzene rings is 1. The number of imide groups is 1. The van der Waals surface area contributed by atoms with Gasteiger partial charge in [-0.2, -0.15) is 0 Å². The number of unbranched alkanes of at least 4 members (excludes halogenated alkanes) is 29. The van der Waals surface area contributed by atoms with Gasteiger partial charge in [0.05, 0.1) is 13.2 Å². The van der Waals surface area contributed by atoms with Crippen LogP contribution in [0, 0.1) is 0 Å². The fourth-order valence-corrected chi connectivity index (χ4v) is 8.91. The van der Waals surface area contributed by atoms with E-state index in [1.807, 2.05) is 6.07 Å². The Bertz CT molecular complexity index is 1270. The van der Waals surface area contributed by atoms with Crippen molar-refractivity contribution in [3.8, 4) is 0 Å². The second-order valence-corrected chi connectivity index (χ2v) is 18.3. The number of aliphatic hydroxyl groups is 3. The van der Waals surface area contributed by atoms with E-state index in [-0.39, 0.29) is 25.5 Å². The maximum atomic E-state index is 14.2. The van der Waals surface area contributed by atoms with E-state index in [9.17, 15) is 29.7 Å². The molecule has 1 saturated heterocycles. The van der Waals surface area contributed by atoms with Crippen LogP contribution in [0.25, 0.3) is 0 Å². The molecular formula is C52H93N3O8. The first kappa shape index (κ1) is 56.6. The summed E-state index contributed by atoms with van der Waals surface area (Å²) in [4.78, 5) is 43.6. The second-order valence-electron chi connectivity index (χ2n) is 18.3. The molecule has 0 radical (unpaired) electrons. The predicted molar refractivity (Wildman–Crippen MR) is 255 cm³/mol. The summed E-state index contributed by atoms with van der Waals surface area (Å²) in [5.41, 5.74) is 6.50. The highest BCUT2D eigenvalue weighted by atomic mass is 16.6. The molecule has 1 aromatic carbocycles. The smallest absolute Gasteiger partial charge is 0.417 e. The van der Waals surface area contributed by atoms with E-state index < -0.39 is 55.7 Å². The van der Waals surface area contributed by atoms with Crippen LogP contribution in [0.3, 0.4) is 0 Å². The standard InChI is InChI=1S/C52H93N3O8/c1-3-5-7-9-11-13-15-17-19-21-23-25-27-29-31-36-40-54(46(57)39-35-30-28-26-24-22-20-18-16-14-12-10-8-6-4-2)51-48(50(60)49(59)45(42-56)63-51)55(47(58)41-53)52(61)62-43-44-37-33-32-34-38-44/h32-34,37-38,45,48-51,56,59-60H,3-31,35-36,39-43,53H2,1-2H3/t45-,48-,49+,50-,51?/m1/s1. The van der Waals surface area contributed by atoms with E-state index in [1.165, 1.54) is 153 Å². The van der Waals surface area contributed by atoms with Crippen LogP contribution in [0.15, 0.2) is 30.3 Å². The van der Waals surface area contributed by atoms with Gasteiger partial charge in [0.15, 0.2) is 6.23 Å². The van der Waals surface area contributed by atoms with Gasteiger partial charge >= 0.3 is 6.09 Å². The molecule has 0 bridgehead atoms. The monoisotopic (exact) mass is 888 g/mol. The van der Waals surface area contributed by atoms with Crippen LogP contribution < -0.4 is 5.73 Å². The average molecular weight is 888 g/mol. The van der Waals surface area contributed by atoms with Crippen molar-refractivity contribution in [3.05, 3.63) is 35.9 Å². The SMILES string of the molecule is CCCCCCCCCCCCCCCCCCN(C(=O)CCCCCCCCCCCCCCCCC)C1O[C@H](CO)[C@H](O)[C@H](O)[C@H]1N(C(=O)CN)C(=O)OCc1ccccc1. The molecule has 2 rings (SSSR count). The van der Waals surface area contributed by atoms with Crippen molar-refractivity contribution in [2.75, 3.05) is 19.7 Å². The summed E-state index contributed by atoms with van der Waals surface area (Å²) in [6.45, 7) is 3.42. The van der Waals surface area contributed by atoms with E-state index in [0.717, 1.165) is 38.5 Å². The molecule has 0 aliphatic carbocycles. The first-order valence-electron chi connectivity index (χ1n) is 25.9. The van der Waals surface area contributed by atoms with Gasteiger partial charge in [0.25, 0.3) is 0 Å². The minimum atomic E-state index is -1.74. The third kappa shape index (κ3) is 24.5. The molecule has 364 valence electrons. The number of nitrogens with zero attached hydrogens (tertiary/aromatic N) is 2. The molecule has 0 saturated carbocycles. The number of hydrogen-bond acceptors (Lipinski definition) is 9. The first-order valence-corrected chi connectivity index (χ1v) is 25.9. The number of amides is 3. The van der Waals surface area contributed by atoms with Crippen LogP contribution in [0.4, 0.5) is 4.79 Å². The Morgan fingerprint density at radius 1 is 0.587 bits per heavy atom. The van der Waals surface area contributed by atoms with Gasteiger partial charge < -0.3 is 35.4 Å². The van der Waals surface area contributed by atoms with Gasteiger partial charge in [-0.3, -0.25) is 9.59 Å². The molecule has 1 heterocycles. The molecule has 0 spiro atoms. The third-order valence-corrected chi connectivity index (χ3v) is 12.9. The largest absolute Gasteiger partial charge is 0.444 e. The number of ether oxygens (including phenoxy) is 2. The van der Waals surface area contributed by atoms with Gasteiger partial charge in [0, 0.05) is 13.0 Å². The van der Waals surface area contributed by atoms with Crippen LogP contribution in [0.1, 0.15) is 225 Å². The van der Waals surface area contributed by atoms with Gasteiger partial charge in [-0.05, 0) is 18.4 Å². The quantitative estimate of drug-likeness (QED) is 0.0471. The van der Waals surface area contributed by atoms with Crippen molar-refractivity contribution in [3.63, 3.8) is 0 Å². The molecule has 63 heavy (non-hydrogen) atoms. The van der Waals surface area contributed by atoms with Gasteiger partial charge in [0.2, 0.25) is 11.8 Å². The summed E-state index contributed by atoms with van der Waals surface area (Å²) >= 11 is 0. The van der Waals surface area contributed by atoms with Crippen molar-refractivity contribution >= 4 is 17.9 Å². The molecule has 1 aromatic rings. The Labute approximate surface area is 383 Å². The number of nitrogens with two attached hydrogens (primary N) is 1. The lowest BCUT2D eigenvalue weighted by Gasteiger charge is -2.49. The van der Waals surface area contributed by atoms with Gasteiger partial charge in [-0.15, -0.1) is 0 Å². The lowest BCUT2D eigenvalue weighted by molar-refractivity contribution is -0.244. The van der Waals surface area contributed by atoms with Crippen LogP contribution in [0.2, 0.25) is 0 Å². The highest BCUT2D eigenvalue weighted by Gasteiger charge is 2.53. The lowest BCUT2D eigenvalue weighted by atomic mass is 9.93. The predicted octanol–water partition coefficient (Wildman–Crippen LogP) is 11.3. The molecule has 1 fully saturated rings. The van der Waals surface area contributed by atoms with Crippen LogP contribution >= 0.6 is 0 Å². The Balaban J connectivity index is 2.01. The number of hydrogen-bond donors (Lipinski definition) is 4. The van der Waals surface area contributed by atoms with Crippen molar-refractivity contribution in [2.45, 2.75) is 257 Å². The third-order valence-electron chi connectivity index (χ3n) is 12.9. The Morgan fingerprint density at radius 2 is 1.00 bits per heavy atom. The van der Waals surface area contributed by atoms with E-state index in [4.69, 9.17) is 15.2 Å². The maximum Gasteiger partial charge on any atom is 0.417 e. The first-order chi connectivity index (χ1) is 30.8. The molecule has 1 unspecified atom stereocenters. The minimum absolute atomic E-state index is 0.148. The van der Waals surface area contributed by atoms with Crippen molar-refractivity contribution in [1.29, 1.82) is 0 Å². The molecule has 11 heteroatoms. The van der Waals surface area contributed by atoms with Crippen molar-refractivity contribution in [2.24, 2.45) is 5.73 Å². The van der Waals surface area contributed by atoms with Gasteiger partial charge in [-0.25, -0.2) is 9.69 Å². The zero-order valence-electron chi connectivity index (χ0n) is 40.1. The summed E-state index contributed by atoms with van der Waals surface area (Å²) in [5.74, 6) is -1.07. The zero-order chi connectivity index (χ0) is 45.8. The average Bonchev–Trinajstić information content (AvgIpc) is 3.30. The molecule has 3 amide bonds. The summed E-state index contributed by atoms with van der Waals surface area (Å²) in [5, 5.41) is 32.9. The summed E-state index contributed by atoms with van der Waals surface area (Å²) in [7, 11) is 0. The number of aliphatic hydroxyl groups excluding tert-OH is 3. The van der Waals surface area contributed by atoms with Gasteiger partial charge in [0.1, 0.15) is 31.0 Å². The second kappa shape index (κ2) is 37.6. The summed E-state index contributed by atoms with van der Waals surface area (Å²) in [6, 6.07) is 7.46. The van der Waals surface area contributed by atoms with E-state index in [1.54, 1.807) is 24.3 Å². The number of rotatable bonds is 39. The molecule has 11 nitrogen and oxygen atoms in total. The van der Waals surface area contributed by atoms with Crippen molar-refractivity contribution < 1.29 is 39.2 Å². The highest BCUT2D eigenvalue weighted by Crippen LogP contribution is 2.30. The van der Waals surface area contributed by atoms with E-state index in [0.29, 0.717) is 23.3 Å². The van der Waals surface area contributed by atoms with E-state index in [2.05, 4.69) is 13.8 Å². The fourth-order valence-electron chi connectivity index (χ4n) is 8.91. The minimum Gasteiger partial charge on any atom is -0.444 e. The molecular weight excluding hydrogens is 795 g/mol. The topological polar surface area (TPSA) is 163 Å². The molecule has 5 atom stereocenters. The van der Waals surface area contributed by atoms with Crippen molar-refractivity contribution in [1.82, 2.24) is 9.80 Å². The lowest BCUT2D eigenvalue weighted by Crippen LogP contribution is -2.70. The summed E-state index contributed by atoms with van der Waals surface area (Å²) in [6.07, 6.45) is 30.8. The molecule has 0 aromatic heterocycles. The Morgan fingerprint density at radius 3 is 1.41 bits per heavy atom. The fraction of sp³-hybridized carbons (Fsp3) is 0.827. The summed E-state index contributed by atoms with van der Waals surface area (Å²) < 4.78 is 11.8. The van der Waals surface area contributed by atoms with E-state index >= 15 is 0 Å². The molecule has 1 aliphatic heterocycles. The van der Waals surface area contributed by atoms with Gasteiger partial charge in [-0.1, -0.05) is 230 Å².